The summed E-state index contributed by atoms with van der Waals surface area (Å²) in [6.07, 6.45) is 3.49. The van der Waals surface area contributed by atoms with Gasteiger partial charge in [-0.3, -0.25) is 4.79 Å². The number of carbonyl (C=O) groups is 1. The Kier molecular flexibility index (Phi) is 4.67. The highest BCUT2D eigenvalue weighted by Gasteiger charge is 2.41. The molecule has 0 N–H and O–H groups in total. The van der Waals surface area contributed by atoms with Crippen molar-refractivity contribution in [2.75, 3.05) is 19.8 Å². The Morgan fingerprint density at radius 2 is 2.05 bits per heavy atom. The molecule has 3 rings (SSSR count). The molecule has 0 radical (unpaired) electrons. The molecule has 1 aromatic rings. The third-order valence-electron chi connectivity index (χ3n) is 4.16. The molecule has 1 atom stereocenters. The summed E-state index contributed by atoms with van der Waals surface area (Å²) < 4.78 is 13.4. The summed E-state index contributed by atoms with van der Waals surface area (Å²) in [6.45, 7) is 2.18. The van der Waals surface area contributed by atoms with Gasteiger partial charge in [0.2, 0.25) is 0 Å². The van der Waals surface area contributed by atoms with E-state index in [1.54, 1.807) is 0 Å². The smallest absolute Gasteiger partial charge is 0.176 e. The van der Waals surface area contributed by atoms with E-state index in [0.717, 1.165) is 52.0 Å². The first-order valence-corrected chi connectivity index (χ1v) is 9.21. The minimum absolute atomic E-state index is 0.0827. The number of hydrogen-bond donors (Lipinski definition) is 0. The van der Waals surface area contributed by atoms with Gasteiger partial charge in [-0.05, 0) is 63.6 Å². The average Bonchev–Trinajstić information content (AvgIpc) is 2.79. The SMILES string of the molecule is O=C(c1cc(Br)c(Br)s1)C1CCOC2(CCOCC2)C1. The second kappa shape index (κ2) is 6.16. The molecule has 1 aromatic heterocycles. The molecule has 0 saturated carbocycles. The van der Waals surface area contributed by atoms with Crippen LogP contribution in [0.5, 0.6) is 0 Å². The maximum absolute atomic E-state index is 12.7. The first-order valence-electron chi connectivity index (χ1n) is 6.80. The van der Waals surface area contributed by atoms with Gasteiger partial charge in [0.15, 0.2) is 5.78 Å². The van der Waals surface area contributed by atoms with Crippen molar-refractivity contribution < 1.29 is 14.3 Å². The van der Waals surface area contributed by atoms with Gasteiger partial charge in [-0.25, -0.2) is 0 Å². The van der Waals surface area contributed by atoms with Crippen molar-refractivity contribution in [1.82, 2.24) is 0 Å². The fourth-order valence-corrected chi connectivity index (χ4v) is 5.07. The Bertz CT molecular complexity index is 484. The highest BCUT2D eigenvalue weighted by atomic mass is 79.9. The van der Waals surface area contributed by atoms with Crippen molar-refractivity contribution in [2.45, 2.75) is 31.3 Å². The van der Waals surface area contributed by atoms with E-state index in [1.807, 2.05) is 6.07 Å². The van der Waals surface area contributed by atoms with Gasteiger partial charge in [-0.15, -0.1) is 11.3 Å². The van der Waals surface area contributed by atoms with Gasteiger partial charge in [0.25, 0.3) is 0 Å². The predicted molar refractivity (Wildman–Crippen MR) is 85.5 cm³/mol. The Morgan fingerprint density at radius 1 is 1.30 bits per heavy atom. The summed E-state index contributed by atoms with van der Waals surface area (Å²) in [6, 6.07) is 1.92. The molecule has 1 unspecified atom stereocenters. The van der Waals surface area contributed by atoms with Crippen LogP contribution in [0, 0.1) is 5.92 Å². The molecule has 2 aliphatic rings. The highest BCUT2D eigenvalue weighted by Crippen LogP contribution is 2.40. The van der Waals surface area contributed by atoms with Crippen molar-refractivity contribution in [2.24, 2.45) is 5.92 Å². The summed E-state index contributed by atoms with van der Waals surface area (Å²) in [5.74, 6) is 0.342. The van der Waals surface area contributed by atoms with Gasteiger partial charge in [-0.2, -0.15) is 0 Å². The molecule has 0 bridgehead atoms. The molecule has 0 amide bonds. The number of hydrogen-bond acceptors (Lipinski definition) is 4. The molecule has 6 heteroatoms. The number of ketones is 1. The minimum atomic E-state index is -0.122. The van der Waals surface area contributed by atoms with Crippen LogP contribution < -0.4 is 0 Å². The fourth-order valence-electron chi connectivity index (χ4n) is 3.01. The van der Waals surface area contributed by atoms with Crippen LogP contribution in [-0.2, 0) is 9.47 Å². The summed E-state index contributed by atoms with van der Waals surface area (Å²) in [5, 5.41) is 0. The van der Waals surface area contributed by atoms with Gasteiger partial charge in [0.05, 0.1) is 14.3 Å². The number of ether oxygens (including phenoxy) is 2. The Labute approximate surface area is 139 Å². The lowest BCUT2D eigenvalue weighted by molar-refractivity contribution is -0.142. The first-order chi connectivity index (χ1) is 9.60. The van der Waals surface area contributed by atoms with Crippen LogP contribution in [-0.4, -0.2) is 31.2 Å². The van der Waals surface area contributed by atoms with Crippen LogP contribution in [0.3, 0.4) is 0 Å². The maximum Gasteiger partial charge on any atom is 0.176 e. The van der Waals surface area contributed by atoms with E-state index in [4.69, 9.17) is 9.47 Å². The van der Waals surface area contributed by atoms with Crippen LogP contribution in [0.15, 0.2) is 14.3 Å². The molecular formula is C14H16Br2O3S. The molecule has 2 saturated heterocycles. The number of carbonyl (C=O) groups excluding carboxylic acids is 1. The molecule has 0 aromatic carbocycles. The summed E-state index contributed by atoms with van der Waals surface area (Å²) in [7, 11) is 0. The zero-order valence-electron chi connectivity index (χ0n) is 11.0. The normalized spacial score (nSPS) is 25.8. The average molecular weight is 424 g/mol. The Hall–Kier alpha value is 0.250. The van der Waals surface area contributed by atoms with Gasteiger partial charge >= 0.3 is 0 Å². The maximum atomic E-state index is 12.7. The minimum Gasteiger partial charge on any atom is -0.381 e. The zero-order valence-corrected chi connectivity index (χ0v) is 15.0. The monoisotopic (exact) mass is 422 g/mol. The van der Waals surface area contributed by atoms with Crippen molar-refractivity contribution in [3.8, 4) is 0 Å². The highest BCUT2D eigenvalue weighted by molar-refractivity contribution is 9.13. The second-order valence-corrected chi connectivity index (χ2v) is 8.65. The zero-order chi connectivity index (χ0) is 14.2. The van der Waals surface area contributed by atoms with Crippen LogP contribution >= 0.6 is 43.2 Å². The third kappa shape index (κ3) is 3.04. The number of Topliss-reactive ketones (excluding diaryl/α,β-unsaturated/α-hetero) is 1. The van der Waals surface area contributed by atoms with E-state index in [1.165, 1.54) is 11.3 Å². The van der Waals surface area contributed by atoms with E-state index < -0.39 is 0 Å². The fraction of sp³-hybridized carbons (Fsp3) is 0.643. The predicted octanol–water partition coefficient (Wildman–Crippen LogP) is 4.43. The Balaban J connectivity index is 1.74. The quantitative estimate of drug-likeness (QED) is 0.660. The number of thiophene rings is 1. The lowest BCUT2D eigenvalue weighted by Crippen LogP contribution is -2.45. The molecule has 3 heterocycles. The molecule has 2 fully saturated rings. The van der Waals surface area contributed by atoms with Crippen molar-refractivity contribution >= 4 is 49.0 Å². The van der Waals surface area contributed by atoms with Gasteiger partial charge < -0.3 is 9.47 Å². The topological polar surface area (TPSA) is 35.5 Å². The van der Waals surface area contributed by atoms with E-state index >= 15 is 0 Å². The molecule has 0 aliphatic carbocycles. The summed E-state index contributed by atoms with van der Waals surface area (Å²) >= 11 is 8.41. The van der Waals surface area contributed by atoms with Gasteiger partial charge in [0.1, 0.15) is 0 Å². The standard InChI is InChI=1S/C14H16Br2O3S/c15-10-7-11(20-13(10)16)12(17)9-1-4-19-14(8-9)2-5-18-6-3-14/h7,9H,1-6,8H2. The molecule has 3 nitrogen and oxygen atoms in total. The van der Waals surface area contributed by atoms with E-state index in [-0.39, 0.29) is 17.3 Å². The summed E-state index contributed by atoms with van der Waals surface area (Å²) in [5.41, 5.74) is -0.122. The van der Waals surface area contributed by atoms with Gasteiger partial charge in [0, 0.05) is 30.2 Å². The second-order valence-electron chi connectivity index (χ2n) is 5.43. The van der Waals surface area contributed by atoms with Crippen molar-refractivity contribution in [3.05, 3.63) is 19.2 Å². The van der Waals surface area contributed by atoms with Crippen molar-refractivity contribution in [1.29, 1.82) is 0 Å². The van der Waals surface area contributed by atoms with Crippen LogP contribution in [0.25, 0.3) is 0 Å². The van der Waals surface area contributed by atoms with Crippen LogP contribution in [0.2, 0.25) is 0 Å². The van der Waals surface area contributed by atoms with E-state index in [2.05, 4.69) is 31.9 Å². The molecule has 110 valence electrons. The number of halogens is 2. The van der Waals surface area contributed by atoms with E-state index in [9.17, 15) is 4.79 Å². The van der Waals surface area contributed by atoms with Crippen molar-refractivity contribution in [3.63, 3.8) is 0 Å². The van der Waals surface area contributed by atoms with E-state index in [0.29, 0.717) is 6.61 Å². The molecule has 20 heavy (non-hydrogen) atoms. The lowest BCUT2D eigenvalue weighted by atomic mass is 9.79. The van der Waals surface area contributed by atoms with Crippen LogP contribution in [0.4, 0.5) is 0 Å². The lowest BCUT2D eigenvalue weighted by Gasteiger charge is -2.42. The van der Waals surface area contributed by atoms with Crippen LogP contribution in [0.1, 0.15) is 35.4 Å². The molecule has 1 spiro atoms. The first kappa shape index (κ1) is 15.2. The Morgan fingerprint density at radius 3 is 2.70 bits per heavy atom. The summed E-state index contributed by atoms with van der Waals surface area (Å²) in [4.78, 5) is 13.5. The third-order valence-corrected chi connectivity index (χ3v) is 7.43. The van der Waals surface area contributed by atoms with Gasteiger partial charge in [-0.1, -0.05) is 0 Å². The molecular weight excluding hydrogens is 408 g/mol. The molecule has 2 aliphatic heterocycles. The largest absolute Gasteiger partial charge is 0.381 e. The number of rotatable bonds is 2.